The van der Waals surface area contributed by atoms with Crippen molar-refractivity contribution in [3.05, 3.63) is 55.5 Å². The van der Waals surface area contributed by atoms with E-state index in [0.29, 0.717) is 5.25 Å². The molecule has 0 spiro atoms. The number of rotatable bonds is 1. The largest absolute Gasteiger partial charge is 0.265 e. The van der Waals surface area contributed by atoms with Crippen LogP contribution in [0.1, 0.15) is 10.8 Å². The number of pyridine rings is 1. The standard InChI is InChI=1S/C15H11NS8/c1-3-16-4-2-8(1)9-7-19-12-13(20-9)24-15(23-12)14-21-10-11(22-14)18-6-5-17-10/h1-4,9H,5-7H2. The molecule has 0 N–H and O–H groups in total. The third kappa shape index (κ3) is 3.48. The van der Waals surface area contributed by atoms with Gasteiger partial charge in [0.1, 0.15) is 0 Å². The molecule has 0 aliphatic carbocycles. The number of aromatic nitrogens is 1. The summed E-state index contributed by atoms with van der Waals surface area (Å²) in [5.74, 6) is 3.67. The molecule has 5 heterocycles. The van der Waals surface area contributed by atoms with Crippen LogP contribution >= 0.6 is 94.1 Å². The SMILES string of the molecule is c1cc(C2CSC3=C(SC(=C4SC5=C(SCCS5)S4)S3)S2)ccn1. The van der Waals surface area contributed by atoms with Gasteiger partial charge in [-0.2, -0.15) is 0 Å². The summed E-state index contributed by atoms with van der Waals surface area (Å²) >= 11 is 16.1. The summed E-state index contributed by atoms with van der Waals surface area (Å²) < 4.78 is 9.12. The zero-order valence-electron chi connectivity index (χ0n) is 12.2. The molecule has 4 aliphatic rings. The Labute approximate surface area is 175 Å². The number of hydrogen-bond acceptors (Lipinski definition) is 9. The molecular weight excluding hydrogens is 451 g/mol. The third-order valence-corrected chi connectivity index (χ3v) is 15.8. The van der Waals surface area contributed by atoms with Crippen LogP contribution in [0.4, 0.5) is 0 Å². The number of nitrogens with zero attached hydrogens (tertiary/aromatic N) is 1. The van der Waals surface area contributed by atoms with E-state index in [-0.39, 0.29) is 0 Å². The highest BCUT2D eigenvalue weighted by Crippen LogP contribution is 2.69. The minimum atomic E-state index is 0.551. The summed E-state index contributed by atoms with van der Waals surface area (Å²) in [4.78, 5) is 4.15. The molecule has 1 unspecified atom stereocenters. The Morgan fingerprint density at radius 1 is 0.708 bits per heavy atom. The van der Waals surface area contributed by atoms with Gasteiger partial charge in [0.25, 0.3) is 0 Å². The molecule has 1 atom stereocenters. The zero-order valence-corrected chi connectivity index (χ0v) is 18.8. The minimum Gasteiger partial charge on any atom is -0.265 e. The summed E-state index contributed by atoms with van der Waals surface area (Å²) in [6.07, 6.45) is 3.82. The highest BCUT2D eigenvalue weighted by atomic mass is 32.3. The van der Waals surface area contributed by atoms with Crippen LogP contribution in [-0.4, -0.2) is 22.2 Å². The predicted molar refractivity (Wildman–Crippen MR) is 123 cm³/mol. The van der Waals surface area contributed by atoms with E-state index in [4.69, 9.17) is 0 Å². The van der Waals surface area contributed by atoms with E-state index < -0.39 is 0 Å². The molecule has 1 aromatic rings. The van der Waals surface area contributed by atoms with Crippen LogP contribution in [-0.2, 0) is 0 Å². The monoisotopic (exact) mass is 461 g/mol. The van der Waals surface area contributed by atoms with Crippen molar-refractivity contribution in [2.24, 2.45) is 0 Å². The lowest BCUT2D eigenvalue weighted by Gasteiger charge is -2.21. The second-order valence-electron chi connectivity index (χ2n) is 5.03. The smallest absolute Gasteiger partial charge is 0.0717 e. The number of thioether (sulfide) groups is 8. The Morgan fingerprint density at radius 3 is 1.96 bits per heavy atom. The van der Waals surface area contributed by atoms with Crippen molar-refractivity contribution in [2.75, 3.05) is 17.3 Å². The average molecular weight is 462 g/mol. The molecule has 24 heavy (non-hydrogen) atoms. The fourth-order valence-electron chi connectivity index (χ4n) is 2.37. The molecule has 0 bridgehead atoms. The van der Waals surface area contributed by atoms with Crippen LogP contribution in [0.5, 0.6) is 0 Å². The normalized spacial score (nSPS) is 26.9. The fraction of sp³-hybridized carbons (Fsp3) is 0.267. The summed E-state index contributed by atoms with van der Waals surface area (Å²) in [5, 5.41) is 0.551. The molecule has 0 fully saturated rings. The van der Waals surface area contributed by atoms with E-state index in [1.807, 2.05) is 106 Å². The van der Waals surface area contributed by atoms with Crippen molar-refractivity contribution in [3.8, 4) is 0 Å². The van der Waals surface area contributed by atoms with Gasteiger partial charge >= 0.3 is 0 Å². The maximum Gasteiger partial charge on any atom is 0.0717 e. The van der Waals surface area contributed by atoms with Crippen molar-refractivity contribution in [2.45, 2.75) is 5.25 Å². The third-order valence-electron chi connectivity index (χ3n) is 3.48. The van der Waals surface area contributed by atoms with Crippen molar-refractivity contribution < 1.29 is 0 Å². The molecule has 1 nitrogen and oxygen atoms in total. The van der Waals surface area contributed by atoms with Crippen LogP contribution < -0.4 is 0 Å². The van der Waals surface area contributed by atoms with Gasteiger partial charge in [-0.1, -0.05) is 47.0 Å². The van der Waals surface area contributed by atoms with Crippen molar-refractivity contribution in [3.63, 3.8) is 0 Å². The first-order valence-electron chi connectivity index (χ1n) is 7.26. The van der Waals surface area contributed by atoms with Gasteiger partial charge in [-0.25, -0.2) is 0 Å². The van der Waals surface area contributed by atoms with Gasteiger partial charge in [0.2, 0.25) is 0 Å². The van der Waals surface area contributed by atoms with E-state index in [2.05, 4.69) is 17.1 Å². The van der Waals surface area contributed by atoms with Crippen molar-refractivity contribution >= 4 is 94.1 Å². The first-order chi connectivity index (χ1) is 11.9. The van der Waals surface area contributed by atoms with Gasteiger partial charge in [0.05, 0.1) is 25.4 Å². The molecule has 0 saturated heterocycles. The van der Waals surface area contributed by atoms with E-state index in [9.17, 15) is 0 Å². The fourth-order valence-corrected chi connectivity index (χ4v) is 15.0. The van der Waals surface area contributed by atoms with Gasteiger partial charge in [-0.05, 0) is 17.7 Å². The summed E-state index contributed by atoms with van der Waals surface area (Å²) in [7, 11) is 0. The molecule has 5 rings (SSSR count). The first-order valence-corrected chi connectivity index (χ1v) is 14.4. The summed E-state index contributed by atoms with van der Waals surface area (Å²) in [5.41, 5.74) is 1.40. The van der Waals surface area contributed by atoms with Crippen molar-refractivity contribution in [1.82, 2.24) is 4.98 Å². The Morgan fingerprint density at radius 2 is 1.29 bits per heavy atom. The van der Waals surface area contributed by atoms with E-state index in [1.54, 1.807) is 8.47 Å². The van der Waals surface area contributed by atoms with Crippen LogP contribution in [0.3, 0.4) is 0 Å². The minimum absolute atomic E-state index is 0.551. The quantitative estimate of drug-likeness (QED) is 0.420. The lowest BCUT2D eigenvalue weighted by molar-refractivity contribution is 1.10. The topological polar surface area (TPSA) is 12.9 Å². The van der Waals surface area contributed by atoms with Crippen molar-refractivity contribution in [1.29, 1.82) is 0 Å². The van der Waals surface area contributed by atoms with Gasteiger partial charge in [-0.3, -0.25) is 4.98 Å². The molecule has 1 aromatic heterocycles. The Balaban J connectivity index is 1.32. The summed E-state index contributed by atoms with van der Waals surface area (Å²) in [6.45, 7) is 0. The molecule has 9 heteroatoms. The Hall–Kier alpha value is 1.17. The van der Waals surface area contributed by atoms with Crippen LogP contribution in [0.2, 0.25) is 0 Å². The maximum atomic E-state index is 4.15. The highest BCUT2D eigenvalue weighted by molar-refractivity contribution is 8.45. The molecule has 0 amide bonds. The number of hydrogen-bond donors (Lipinski definition) is 0. The molecule has 124 valence electrons. The van der Waals surface area contributed by atoms with E-state index in [1.165, 1.54) is 34.0 Å². The first kappa shape index (κ1) is 17.3. The van der Waals surface area contributed by atoms with Gasteiger partial charge in [0, 0.05) is 34.9 Å². The second-order valence-corrected chi connectivity index (χ2v) is 15.1. The summed E-state index contributed by atoms with van der Waals surface area (Å²) in [6, 6.07) is 4.32. The lowest BCUT2D eigenvalue weighted by atomic mass is 10.2. The molecule has 0 saturated carbocycles. The van der Waals surface area contributed by atoms with Crippen LogP contribution in [0.25, 0.3) is 0 Å². The zero-order chi connectivity index (χ0) is 15.9. The molecule has 0 aromatic carbocycles. The van der Waals surface area contributed by atoms with Crippen LogP contribution in [0, 0.1) is 0 Å². The predicted octanol–water partition coefficient (Wildman–Crippen LogP) is 7.42. The van der Waals surface area contributed by atoms with Gasteiger partial charge in [-0.15, -0.1) is 47.0 Å². The van der Waals surface area contributed by atoms with Gasteiger partial charge < -0.3 is 0 Å². The maximum absolute atomic E-state index is 4.15. The highest BCUT2D eigenvalue weighted by Gasteiger charge is 2.35. The lowest BCUT2D eigenvalue weighted by Crippen LogP contribution is -2.01. The Bertz CT molecular complexity index is 749. The molecule has 4 aliphatic heterocycles. The van der Waals surface area contributed by atoms with E-state index >= 15 is 0 Å². The second kappa shape index (κ2) is 7.66. The van der Waals surface area contributed by atoms with E-state index in [0.717, 1.165) is 5.75 Å². The Kier molecular flexibility index (Phi) is 5.51. The average Bonchev–Trinajstić information content (AvgIpc) is 3.25. The molecule has 0 radical (unpaired) electrons. The van der Waals surface area contributed by atoms with Crippen LogP contribution in [0.15, 0.2) is 49.9 Å². The molecular formula is C15H11NS8. The van der Waals surface area contributed by atoms with Gasteiger partial charge in [0.15, 0.2) is 0 Å².